The van der Waals surface area contributed by atoms with Crippen LogP contribution >= 0.6 is 0 Å². The number of carboxylic acid groups (broad SMARTS) is 1. The predicted octanol–water partition coefficient (Wildman–Crippen LogP) is 2.01. The van der Waals surface area contributed by atoms with Crippen molar-refractivity contribution in [3.63, 3.8) is 0 Å². The van der Waals surface area contributed by atoms with Crippen molar-refractivity contribution >= 4 is 22.6 Å². The number of anilines is 1. The van der Waals surface area contributed by atoms with Gasteiger partial charge in [-0.1, -0.05) is 6.92 Å². The molecular formula is C11H12N2O2. The Balaban J connectivity index is 2.75. The van der Waals surface area contributed by atoms with Gasteiger partial charge in [-0.25, -0.2) is 4.79 Å². The Morgan fingerprint density at radius 1 is 1.53 bits per heavy atom. The summed E-state index contributed by atoms with van der Waals surface area (Å²) in [6.07, 6.45) is 0.792. The minimum Gasteiger partial charge on any atom is -0.477 e. The summed E-state index contributed by atoms with van der Waals surface area (Å²) in [7, 11) is 0. The lowest BCUT2D eigenvalue weighted by Crippen LogP contribution is -1.94. The topological polar surface area (TPSA) is 79.1 Å². The number of aryl methyl sites for hydroxylation is 1. The van der Waals surface area contributed by atoms with Crippen LogP contribution in [0.5, 0.6) is 0 Å². The average molecular weight is 204 g/mol. The van der Waals surface area contributed by atoms with Crippen LogP contribution in [0.2, 0.25) is 0 Å². The van der Waals surface area contributed by atoms with Gasteiger partial charge in [-0.3, -0.25) is 0 Å². The molecule has 0 amide bonds. The molecule has 0 bridgehead atoms. The first-order valence-corrected chi connectivity index (χ1v) is 4.77. The fourth-order valence-corrected chi connectivity index (χ4v) is 1.79. The fraction of sp³-hybridized carbons (Fsp3) is 0.182. The van der Waals surface area contributed by atoms with E-state index in [1.165, 1.54) is 0 Å². The molecule has 0 saturated heterocycles. The highest BCUT2D eigenvalue weighted by Crippen LogP contribution is 2.25. The summed E-state index contributed by atoms with van der Waals surface area (Å²) in [6.45, 7) is 2.00. The summed E-state index contributed by atoms with van der Waals surface area (Å²) < 4.78 is 0. The number of nitrogens with two attached hydrogens (primary N) is 1. The van der Waals surface area contributed by atoms with Crippen LogP contribution in [-0.2, 0) is 6.42 Å². The highest BCUT2D eigenvalue weighted by Gasteiger charge is 2.10. The zero-order valence-corrected chi connectivity index (χ0v) is 8.37. The molecule has 1 aromatic carbocycles. The molecule has 0 radical (unpaired) electrons. The average Bonchev–Trinajstić information content (AvgIpc) is 2.61. The van der Waals surface area contributed by atoms with E-state index in [9.17, 15) is 4.79 Å². The minimum absolute atomic E-state index is 0.199. The Labute approximate surface area is 86.7 Å². The van der Waals surface area contributed by atoms with Gasteiger partial charge in [-0.05, 0) is 30.2 Å². The molecule has 4 heteroatoms. The fourth-order valence-electron chi connectivity index (χ4n) is 1.79. The largest absolute Gasteiger partial charge is 0.477 e. The number of aromatic amines is 1. The number of rotatable bonds is 2. The van der Waals surface area contributed by atoms with E-state index < -0.39 is 5.97 Å². The Morgan fingerprint density at radius 3 is 2.87 bits per heavy atom. The molecule has 0 aliphatic carbocycles. The monoisotopic (exact) mass is 204 g/mol. The van der Waals surface area contributed by atoms with E-state index in [1.807, 2.05) is 6.92 Å². The van der Waals surface area contributed by atoms with Crippen molar-refractivity contribution in [1.29, 1.82) is 0 Å². The molecule has 0 fully saturated rings. The number of fused-ring (bicyclic) bond motifs is 1. The van der Waals surface area contributed by atoms with E-state index in [0.717, 1.165) is 22.9 Å². The molecular weight excluding hydrogens is 192 g/mol. The van der Waals surface area contributed by atoms with E-state index in [1.54, 1.807) is 18.2 Å². The van der Waals surface area contributed by atoms with Gasteiger partial charge in [-0.2, -0.15) is 0 Å². The van der Waals surface area contributed by atoms with E-state index >= 15 is 0 Å². The van der Waals surface area contributed by atoms with Gasteiger partial charge in [0, 0.05) is 16.6 Å². The summed E-state index contributed by atoms with van der Waals surface area (Å²) in [5.41, 5.74) is 8.54. The van der Waals surface area contributed by atoms with Crippen LogP contribution in [-0.4, -0.2) is 16.1 Å². The lowest BCUT2D eigenvalue weighted by atomic mass is 10.1. The Hall–Kier alpha value is -1.97. The highest BCUT2D eigenvalue weighted by atomic mass is 16.4. The number of nitrogens with one attached hydrogen (secondary N) is 1. The third kappa shape index (κ3) is 1.44. The number of carbonyl (C=O) groups is 1. The lowest BCUT2D eigenvalue weighted by Gasteiger charge is -2.03. The number of H-pyrrole nitrogens is 1. The molecule has 1 heterocycles. The smallest absolute Gasteiger partial charge is 0.352 e. The lowest BCUT2D eigenvalue weighted by molar-refractivity contribution is 0.0691. The third-order valence-electron chi connectivity index (χ3n) is 2.54. The zero-order chi connectivity index (χ0) is 11.0. The first-order valence-electron chi connectivity index (χ1n) is 4.77. The number of carboxylic acids is 1. The molecule has 4 N–H and O–H groups in total. The van der Waals surface area contributed by atoms with Crippen molar-refractivity contribution in [1.82, 2.24) is 4.98 Å². The van der Waals surface area contributed by atoms with Crippen molar-refractivity contribution in [3.8, 4) is 0 Å². The Bertz CT molecular complexity index is 529. The minimum atomic E-state index is -0.952. The summed E-state index contributed by atoms with van der Waals surface area (Å²) in [6, 6.07) is 5.23. The van der Waals surface area contributed by atoms with Crippen LogP contribution in [0.15, 0.2) is 18.2 Å². The van der Waals surface area contributed by atoms with Crippen LogP contribution in [0, 0.1) is 0 Å². The van der Waals surface area contributed by atoms with Gasteiger partial charge in [0.2, 0.25) is 0 Å². The van der Waals surface area contributed by atoms with Crippen LogP contribution in [0.1, 0.15) is 23.0 Å². The quantitative estimate of drug-likeness (QED) is 0.654. The molecule has 0 saturated carbocycles. The van der Waals surface area contributed by atoms with E-state index in [-0.39, 0.29) is 5.69 Å². The normalized spacial score (nSPS) is 10.7. The molecule has 0 aliphatic rings. The first kappa shape index (κ1) is 9.58. The van der Waals surface area contributed by atoms with Crippen LogP contribution < -0.4 is 5.73 Å². The molecule has 0 atom stereocenters. The maximum absolute atomic E-state index is 10.8. The molecule has 0 unspecified atom stereocenters. The van der Waals surface area contributed by atoms with Gasteiger partial charge in [0.25, 0.3) is 0 Å². The second-order valence-electron chi connectivity index (χ2n) is 3.44. The first-order chi connectivity index (χ1) is 7.13. The van der Waals surface area contributed by atoms with Crippen molar-refractivity contribution in [2.24, 2.45) is 0 Å². The molecule has 2 aromatic rings. The van der Waals surface area contributed by atoms with Crippen LogP contribution in [0.25, 0.3) is 10.9 Å². The van der Waals surface area contributed by atoms with Gasteiger partial charge < -0.3 is 15.8 Å². The third-order valence-corrected chi connectivity index (χ3v) is 2.54. The summed E-state index contributed by atoms with van der Waals surface area (Å²) in [5, 5.41) is 9.75. The van der Waals surface area contributed by atoms with Gasteiger partial charge in [0.05, 0.1) is 0 Å². The summed E-state index contributed by atoms with van der Waals surface area (Å²) in [5.74, 6) is -0.952. The number of hydrogen-bond donors (Lipinski definition) is 3. The molecule has 1 aromatic heterocycles. The number of nitrogen functional groups attached to an aromatic ring is 1. The van der Waals surface area contributed by atoms with Crippen molar-refractivity contribution in [3.05, 3.63) is 29.5 Å². The van der Waals surface area contributed by atoms with E-state index in [4.69, 9.17) is 10.8 Å². The Morgan fingerprint density at radius 2 is 2.27 bits per heavy atom. The van der Waals surface area contributed by atoms with Crippen molar-refractivity contribution in [2.45, 2.75) is 13.3 Å². The number of aromatic nitrogens is 1. The van der Waals surface area contributed by atoms with Gasteiger partial charge in [-0.15, -0.1) is 0 Å². The van der Waals surface area contributed by atoms with Gasteiger partial charge >= 0.3 is 5.97 Å². The van der Waals surface area contributed by atoms with E-state index in [0.29, 0.717) is 5.69 Å². The SMILES string of the molecule is CCc1c(N)ccc2[nH]c(C(=O)O)cc12. The molecule has 0 spiro atoms. The predicted molar refractivity (Wildman–Crippen MR) is 59.0 cm³/mol. The molecule has 4 nitrogen and oxygen atoms in total. The molecule has 78 valence electrons. The second kappa shape index (κ2) is 3.31. The maximum Gasteiger partial charge on any atom is 0.352 e. The zero-order valence-electron chi connectivity index (χ0n) is 8.37. The van der Waals surface area contributed by atoms with Crippen LogP contribution in [0.3, 0.4) is 0 Å². The number of hydrogen-bond acceptors (Lipinski definition) is 2. The maximum atomic E-state index is 10.8. The number of benzene rings is 1. The molecule has 2 rings (SSSR count). The summed E-state index contributed by atoms with van der Waals surface area (Å²) in [4.78, 5) is 13.6. The summed E-state index contributed by atoms with van der Waals surface area (Å²) >= 11 is 0. The van der Waals surface area contributed by atoms with E-state index in [2.05, 4.69) is 4.98 Å². The Kier molecular flexibility index (Phi) is 2.11. The standard InChI is InChI=1S/C11H12N2O2/c1-2-6-7-5-10(11(14)15)13-9(7)4-3-8(6)12/h3-5,13H,2,12H2,1H3,(H,14,15). The van der Waals surface area contributed by atoms with Crippen LogP contribution in [0.4, 0.5) is 5.69 Å². The molecule has 15 heavy (non-hydrogen) atoms. The molecule has 0 aliphatic heterocycles. The second-order valence-corrected chi connectivity index (χ2v) is 3.44. The highest BCUT2D eigenvalue weighted by molar-refractivity contribution is 5.96. The van der Waals surface area contributed by atoms with Gasteiger partial charge in [0.1, 0.15) is 5.69 Å². The van der Waals surface area contributed by atoms with Crippen molar-refractivity contribution in [2.75, 3.05) is 5.73 Å². The van der Waals surface area contributed by atoms with Gasteiger partial charge in [0.15, 0.2) is 0 Å². The van der Waals surface area contributed by atoms with Crippen molar-refractivity contribution < 1.29 is 9.90 Å². The number of aromatic carboxylic acids is 1.